The van der Waals surface area contributed by atoms with Gasteiger partial charge in [-0.25, -0.2) is 4.98 Å². The lowest BCUT2D eigenvalue weighted by molar-refractivity contribution is 0.474. The van der Waals surface area contributed by atoms with Crippen LogP contribution in [0.5, 0.6) is 5.75 Å². The van der Waals surface area contributed by atoms with Crippen LogP contribution in [0.2, 0.25) is 0 Å². The van der Waals surface area contributed by atoms with Gasteiger partial charge in [-0.2, -0.15) is 0 Å². The van der Waals surface area contributed by atoms with Gasteiger partial charge in [0.1, 0.15) is 11.3 Å². The van der Waals surface area contributed by atoms with Gasteiger partial charge in [-0.1, -0.05) is 40.2 Å². The van der Waals surface area contributed by atoms with E-state index in [0.29, 0.717) is 22.7 Å². The molecule has 0 amide bonds. The van der Waals surface area contributed by atoms with Crippen LogP contribution < -0.4 is 0 Å². The van der Waals surface area contributed by atoms with E-state index in [1.54, 1.807) is 24.4 Å². The third-order valence-electron chi connectivity index (χ3n) is 4.20. The van der Waals surface area contributed by atoms with Crippen molar-refractivity contribution in [1.29, 1.82) is 0 Å². The minimum atomic E-state index is 0.104. The van der Waals surface area contributed by atoms with Gasteiger partial charge in [-0.3, -0.25) is 4.99 Å². The van der Waals surface area contributed by atoms with Gasteiger partial charge in [0.05, 0.1) is 11.3 Å². The van der Waals surface area contributed by atoms with Crippen LogP contribution in [0.15, 0.2) is 80.6 Å². The Morgan fingerprint density at radius 2 is 1.96 bits per heavy atom. The number of phenolic OH excluding ortho intramolecular Hbond substituents is 1. The van der Waals surface area contributed by atoms with Crippen molar-refractivity contribution in [2.75, 3.05) is 0 Å². The highest BCUT2D eigenvalue weighted by Gasteiger charge is 2.13. The summed E-state index contributed by atoms with van der Waals surface area (Å²) in [6.45, 7) is 2.00. The third kappa shape index (κ3) is 4.05. The zero-order chi connectivity index (χ0) is 19.5. The van der Waals surface area contributed by atoms with Crippen molar-refractivity contribution in [3.8, 4) is 17.2 Å². The third-order valence-corrected chi connectivity index (χ3v) is 4.69. The minimum absolute atomic E-state index is 0.104. The van der Waals surface area contributed by atoms with Crippen LogP contribution in [0.4, 0.5) is 5.69 Å². The van der Waals surface area contributed by atoms with Crippen molar-refractivity contribution in [3.63, 3.8) is 0 Å². The fourth-order valence-corrected chi connectivity index (χ4v) is 3.24. The van der Waals surface area contributed by atoms with E-state index in [0.717, 1.165) is 21.1 Å². The maximum Gasteiger partial charge on any atom is 0.231 e. The molecule has 0 aliphatic heterocycles. The molecule has 0 radical (unpaired) electrons. The standard InChI is InChI=1S/C23H17BrN2O2/c1-15-7-10-22-20(12-15)26-23(28-22)19-14-18(8-9-21(19)27)25-11-3-5-16-4-2-6-17(24)13-16/h2-14,27H,1H3. The molecule has 0 saturated heterocycles. The summed E-state index contributed by atoms with van der Waals surface area (Å²) in [6, 6.07) is 18.9. The number of allylic oxidation sites excluding steroid dienone is 1. The lowest BCUT2D eigenvalue weighted by Gasteiger charge is -2.01. The predicted molar refractivity (Wildman–Crippen MR) is 117 cm³/mol. The molecule has 138 valence electrons. The number of aryl methyl sites for hydroxylation is 1. The van der Waals surface area contributed by atoms with Crippen LogP contribution >= 0.6 is 15.9 Å². The second kappa shape index (κ2) is 7.82. The molecular weight excluding hydrogens is 416 g/mol. The zero-order valence-corrected chi connectivity index (χ0v) is 16.7. The summed E-state index contributed by atoms with van der Waals surface area (Å²) in [5, 5.41) is 10.2. The summed E-state index contributed by atoms with van der Waals surface area (Å²) >= 11 is 3.46. The average Bonchev–Trinajstić information content (AvgIpc) is 3.09. The molecule has 0 bridgehead atoms. The molecule has 0 unspecified atom stereocenters. The zero-order valence-electron chi connectivity index (χ0n) is 15.1. The van der Waals surface area contributed by atoms with Crippen LogP contribution in [-0.2, 0) is 0 Å². The Bertz CT molecular complexity index is 1210. The first kappa shape index (κ1) is 18.2. The number of rotatable bonds is 4. The van der Waals surface area contributed by atoms with E-state index in [1.807, 2.05) is 61.5 Å². The molecule has 5 heteroatoms. The SMILES string of the molecule is Cc1ccc2oc(-c3cc(N=CC=Cc4cccc(Br)c4)ccc3O)nc2c1. The fraction of sp³-hybridized carbons (Fsp3) is 0.0435. The monoisotopic (exact) mass is 432 g/mol. The van der Waals surface area contributed by atoms with E-state index in [1.165, 1.54) is 0 Å². The number of oxazole rings is 1. The molecular formula is C23H17BrN2O2. The molecule has 4 rings (SSSR count). The molecule has 1 heterocycles. The summed E-state index contributed by atoms with van der Waals surface area (Å²) in [4.78, 5) is 8.93. The Labute approximate surface area is 171 Å². The number of benzene rings is 3. The summed E-state index contributed by atoms with van der Waals surface area (Å²) in [6.07, 6.45) is 5.56. The van der Waals surface area contributed by atoms with Gasteiger partial charge in [0.25, 0.3) is 0 Å². The first-order valence-corrected chi connectivity index (χ1v) is 9.55. The topological polar surface area (TPSA) is 58.6 Å². The van der Waals surface area contributed by atoms with Crippen LogP contribution in [0.3, 0.4) is 0 Å². The normalized spacial score (nSPS) is 11.8. The summed E-state index contributed by atoms with van der Waals surface area (Å²) in [5.41, 5.74) is 4.84. The van der Waals surface area contributed by atoms with Crippen molar-refractivity contribution in [2.24, 2.45) is 4.99 Å². The minimum Gasteiger partial charge on any atom is -0.507 e. The number of aliphatic imine (C=N–C) groups is 1. The van der Waals surface area contributed by atoms with Gasteiger partial charge < -0.3 is 9.52 Å². The number of phenols is 1. The lowest BCUT2D eigenvalue weighted by atomic mass is 10.2. The Morgan fingerprint density at radius 3 is 2.82 bits per heavy atom. The Kier molecular flexibility index (Phi) is 5.08. The van der Waals surface area contributed by atoms with Gasteiger partial charge in [-0.15, -0.1) is 0 Å². The Morgan fingerprint density at radius 1 is 1.07 bits per heavy atom. The first-order valence-electron chi connectivity index (χ1n) is 8.75. The van der Waals surface area contributed by atoms with Crippen molar-refractivity contribution >= 4 is 45.0 Å². The fourth-order valence-electron chi connectivity index (χ4n) is 2.82. The Balaban J connectivity index is 1.59. The molecule has 0 aliphatic rings. The molecule has 0 saturated carbocycles. The first-order chi connectivity index (χ1) is 13.6. The smallest absolute Gasteiger partial charge is 0.231 e. The number of aromatic nitrogens is 1. The van der Waals surface area contributed by atoms with Gasteiger partial charge in [0, 0.05) is 10.7 Å². The molecule has 4 nitrogen and oxygen atoms in total. The predicted octanol–water partition coefficient (Wildman–Crippen LogP) is 6.69. The van der Waals surface area contributed by atoms with E-state index >= 15 is 0 Å². The largest absolute Gasteiger partial charge is 0.507 e. The van der Waals surface area contributed by atoms with E-state index in [9.17, 15) is 5.11 Å². The number of hydrogen-bond donors (Lipinski definition) is 1. The summed E-state index contributed by atoms with van der Waals surface area (Å²) in [5.74, 6) is 0.478. The van der Waals surface area contributed by atoms with Crippen LogP contribution in [-0.4, -0.2) is 16.3 Å². The van der Waals surface area contributed by atoms with Crippen LogP contribution in [0, 0.1) is 6.92 Å². The van der Waals surface area contributed by atoms with Crippen LogP contribution in [0.25, 0.3) is 28.6 Å². The number of aromatic hydroxyl groups is 1. The maximum absolute atomic E-state index is 10.2. The van der Waals surface area contributed by atoms with E-state index in [4.69, 9.17) is 4.42 Å². The highest BCUT2D eigenvalue weighted by Crippen LogP contribution is 2.34. The molecule has 1 N–H and O–H groups in total. The van der Waals surface area contributed by atoms with Crippen LogP contribution in [0.1, 0.15) is 11.1 Å². The molecule has 0 spiro atoms. The van der Waals surface area contributed by atoms with Gasteiger partial charge in [-0.05, 0) is 66.6 Å². The molecule has 3 aromatic carbocycles. The number of fused-ring (bicyclic) bond motifs is 1. The number of halogens is 1. The van der Waals surface area contributed by atoms with Crippen molar-refractivity contribution in [2.45, 2.75) is 6.92 Å². The maximum atomic E-state index is 10.2. The van der Waals surface area contributed by atoms with E-state index in [2.05, 4.69) is 25.9 Å². The molecule has 0 fully saturated rings. The molecule has 28 heavy (non-hydrogen) atoms. The van der Waals surface area contributed by atoms with Gasteiger partial charge in [0.2, 0.25) is 5.89 Å². The highest BCUT2D eigenvalue weighted by atomic mass is 79.9. The van der Waals surface area contributed by atoms with Gasteiger partial charge >= 0.3 is 0 Å². The molecule has 0 atom stereocenters. The molecule has 1 aromatic heterocycles. The summed E-state index contributed by atoms with van der Waals surface area (Å²) in [7, 11) is 0. The van der Waals surface area contributed by atoms with E-state index < -0.39 is 0 Å². The highest BCUT2D eigenvalue weighted by molar-refractivity contribution is 9.10. The summed E-state index contributed by atoms with van der Waals surface area (Å²) < 4.78 is 6.83. The second-order valence-corrected chi connectivity index (χ2v) is 7.30. The van der Waals surface area contributed by atoms with E-state index in [-0.39, 0.29) is 5.75 Å². The molecule has 0 aliphatic carbocycles. The quantitative estimate of drug-likeness (QED) is 0.365. The Hall–Kier alpha value is -3.18. The molecule has 4 aromatic rings. The second-order valence-electron chi connectivity index (χ2n) is 6.38. The number of hydrogen-bond acceptors (Lipinski definition) is 4. The number of nitrogens with zero attached hydrogens (tertiary/aromatic N) is 2. The lowest BCUT2D eigenvalue weighted by Crippen LogP contribution is -1.79. The van der Waals surface area contributed by atoms with Crippen molar-refractivity contribution in [3.05, 3.63) is 82.3 Å². The van der Waals surface area contributed by atoms with Crippen molar-refractivity contribution in [1.82, 2.24) is 4.98 Å². The van der Waals surface area contributed by atoms with Crippen molar-refractivity contribution < 1.29 is 9.52 Å². The van der Waals surface area contributed by atoms with Gasteiger partial charge in [0.15, 0.2) is 5.58 Å². The average molecular weight is 433 g/mol.